The molecular weight excluding hydrogens is 344 g/mol. The van der Waals surface area contributed by atoms with Crippen LogP contribution >= 0.6 is 31.9 Å². The van der Waals surface area contributed by atoms with Crippen molar-refractivity contribution in [1.29, 1.82) is 0 Å². The molecule has 0 aliphatic carbocycles. The summed E-state index contributed by atoms with van der Waals surface area (Å²) < 4.78 is 4.08. The van der Waals surface area contributed by atoms with Gasteiger partial charge in [0.1, 0.15) is 15.9 Å². The first-order valence-electron chi connectivity index (χ1n) is 5.14. The highest BCUT2D eigenvalue weighted by atomic mass is 79.9. The molecule has 0 radical (unpaired) electrons. The molecule has 1 aromatic carbocycles. The quantitative estimate of drug-likeness (QED) is 0.629. The molecular formula is C13H8Br2N2. The molecule has 84 valence electrons. The van der Waals surface area contributed by atoms with Crippen LogP contribution in [0.5, 0.6) is 0 Å². The molecule has 0 aliphatic heterocycles. The molecule has 0 spiro atoms. The van der Waals surface area contributed by atoms with Crippen molar-refractivity contribution in [3.63, 3.8) is 0 Å². The lowest BCUT2D eigenvalue weighted by Crippen LogP contribution is -1.81. The fraction of sp³-hybridized carbons (Fsp3) is 0. The van der Waals surface area contributed by atoms with Gasteiger partial charge in [0, 0.05) is 16.2 Å². The molecule has 0 unspecified atom stereocenters. The largest absolute Gasteiger partial charge is 0.294 e. The summed E-state index contributed by atoms with van der Waals surface area (Å²) in [5.74, 6) is 0. The zero-order valence-corrected chi connectivity index (χ0v) is 11.9. The summed E-state index contributed by atoms with van der Waals surface area (Å²) >= 11 is 7.03. The summed E-state index contributed by atoms with van der Waals surface area (Å²) in [5, 5.41) is 0. The number of halogens is 2. The van der Waals surface area contributed by atoms with Gasteiger partial charge in [-0.2, -0.15) is 0 Å². The molecule has 0 fully saturated rings. The van der Waals surface area contributed by atoms with Crippen molar-refractivity contribution in [3.8, 4) is 11.3 Å². The molecule has 0 N–H and O–H groups in total. The summed E-state index contributed by atoms with van der Waals surface area (Å²) in [4.78, 5) is 4.61. The van der Waals surface area contributed by atoms with Gasteiger partial charge in [0.15, 0.2) is 0 Å². The number of aromatic nitrogens is 2. The van der Waals surface area contributed by atoms with Crippen LogP contribution in [0.4, 0.5) is 0 Å². The number of imidazole rings is 1. The van der Waals surface area contributed by atoms with E-state index in [1.807, 2.05) is 40.9 Å². The van der Waals surface area contributed by atoms with Crippen molar-refractivity contribution in [1.82, 2.24) is 9.38 Å². The Morgan fingerprint density at radius 1 is 0.941 bits per heavy atom. The Kier molecular flexibility index (Phi) is 2.76. The maximum absolute atomic E-state index is 4.61. The van der Waals surface area contributed by atoms with Gasteiger partial charge in [-0.15, -0.1) is 0 Å². The molecule has 2 nitrogen and oxygen atoms in total. The smallest absolute Gasteiger partial charge is 0.138 e. The average molecular weight is 352 g/mol. The molecule has 3 aromatic rings. The van der Waals surface area contributed by atoms with Crippen LogP contribution in [-0.2, 0) is 0 Å². The zero-order chi connectivity index (χ0) is 11.8. The summed E-state index contributed by atoms with van der Waals surface area (Å²) in [6.07, 6.45) is 1.99. The van der Waals surface area contributed by atoms with E-state index < -0.39 is 0 Å². The van der Waals surface area contributed by atoms with Crippen LogP contribution in [0.25, 0.3) is 16.9 Å². The Morgan fingerprint density at radius 3 is 2.41 bits per heavy atom. The molecule has 0 saturated heterocycles. The molecule has 17 heavy (non-hydrogen) atoms. The molecule has 2 aromatic heterocycles. The van der Waals surface area contributed by atoms with E-state index in [0.717, 1.165) is 26.0 Å². The van der Waals surface area contributed by atoms with Crippen molar-refractivity contribution < 1.29 is 0 Å². The second-order valence-corrected chi connectivity index (χ2v) is 5.35. The van der Waals surface area contributed by atoms with E-state index in [-0.39, 0.29) is 0 Å². The SMILES string of the molecule is Brc1ccc(-c2nc3ccccn3c2Br)cc1. The van der Waals surface area contributed by atoms with E-state index in [0.29, 0.717) is 0 Å². The van der Waals surface area contributed by atoms with Gasteiger partial charge in [0.25, 0.3) is 0 Å². The average Bonchev–Trinajstić information content (AvgIpc) is 2.69. The van der Waals surface area contributed by atoms with Crippen LogP contribution in [0, 0.1) is 0 Å². The summed E-state index contributed by atoms with van der Waals surface area (Å²) in [6.45, 7) is 0. The molecule has 0 atom stereocenters. The highest BCUT2D eigenvalue weighted by Crippen LogP contribution is 2.29. The molecule has 2 heterocycles. The van der Waals surface area contributed by atoms with Gasteiger partial charge >= 0.3 is 0 Å². The minimum absolute atomic E-state index is 0.942. The van der Waals surface area contributed by atoms with Crippen LogP contribution < -0.4 is 0 Å². The molecule has 0 saturated carbocycles. The second kappa shape index (κ2) is 4.27. The van der Waals surface area contributed by atoms with Gasteiger partial charge in [-0.3, -0.25) is 4.40 Å². The van der Waals surface area contributed by atoms with E-state index in [1.165, 1.54) is 0 Å². The third-order valence-electron chi connectivity index (χ3n) is 2.59. The van der Waals surface area contributed by atoms with Crippen molar-refractivity contribution in [2.24, 2.45) is 0 Å². The van der Waals surface area contributed by atoms with Gasteiger partial charge in [-0.1, -0.05) is 34.1 Å². The van der Waals surface area contributed by atoms with Gasteiger partial charge in [0.05, 0.1) is 0 Å². The molecule has 0 amide bonds. The van der Waals surface area contributed by atoms with Gasteiger partial charge < -0.3 is 0 Å². The fourth-order valence-electron chi connectivity index (χ4n) is 1.76. The number of benzene rings is 1. The van der Waals surface area contributed by atoms with Crippen molar-refractivity contribution in [3.05, 3.63) is 57.7 Å². The number of fused-ring (bicyclic) bond motifs is 1. The number of rotatable bonds is 1. The number of pyridine rings is 1. The predicted molar refractivity (Wildman–Crippen MR) is 76.0 cm³/mol. The van der Waals surface area contributed by atoms with E-state index in [9.17, 15) is 0 Å². The predicted octanol–water partition coefficient (Wildman–Crippen LogP) is 4.53. The first kappa shape index (κ1) is 11.0. The highest BCUT2D eigenvalue weighted by Gasteiger charge is 2.10. The van der Waals surface area contributed by atoms with Gasteiger partial charge in [0.2, 0.25) is 0 Å². The summed E-state index contributed by atoms with van der Waals surface area (Å²) in [7, 11) is 0. The van der Waals surface area contributed by atoms with Crippen LogP contribution in [0.15, 0.2) is 57.7 Å². The number of nitrogens with zero attached hydrogens (tertiary/aromatic N) is 2. The molecule has 4 heteroatoms. The van der Waals surface area contributed by atoms with Crippen LogP contribution in [0.3, 0.4) is 0 Å². The first-order valence-corrected chi connectivity index (χ1v) is 6.73. The first-order chi connectivity index (χ1) is 8.25. The zero-order valence-electron chi connectivity index (χ0n) is 8.77. The van der Waals surface area contributed by atoms with Crippen LogP contribution in [0.1, 0.15) is 0 Å². The maximum Gasteiger partial charge on any atom is 0.138 e. The number of hydrogen-bond acceptors (Lipinski definition) is 1. The lowest BCUT2D eigenvalue weighted by Gasteiger charge is -1.98. The second-order valence-electron chi connectivity index (χ2n) is 3.69. The molecule has 0 aliphatic rings. The van der Waals surface area contributed by atoms with Crippen molar-refractivity contribution in [2.45, 2.75) is 0 Å². The van der Waals surface area contributed by atoms with Gasteiger partial charge in [-0.05, 0) is 40.2 Å². The third-order valence-corrected chi connectivity index (χ3v) is 3.88. The Labute approximate surface area is 116 Å². The standard InChI is InChI=1S/C13H8Br2N2/c14-10-6-4-9(5-7-10)12-13(15)17-8-2-1-3-11(17)16-12/h1-8H. The Hall–Kier alpha value is -1.13. The van der Waals surface area contributed by atoms with Crippen molar-refractivity contribution >= 4 is 37.5 Å². The minimum atomic E-state index is 0.942. The normalized spacial score (nSPS) is 10.9. The fourth-order valence-corrected chi connectivity index (χ4v) is 2.64. The minimum Gasteiger partial charge on any atom is -0.294 e. The van der Waals surface area contributed by atoms with Crippen molar-refractivity contribution in [2.75, 3.05) is 0 Å². The topological polar surface area (TPSA) is 17.3 Å². The Balaban J connectivity index is 2.24. The van der Waals surface area contributed by atoms with Gasteiger partial charge in [-0.25, -0.2) is 4.98 Å². The van der Waals surface area contributed by atoms with E-state index in [4.69, 9.17) is 0 Å². The van der Waals surface area contributed by atoms with Crippen LogP contribution in [-0.4, -0.2) is 9.38 Å². The molecule has 0 bridgehead atoms. The van der Waals surface area contributed by atoms with E-state index in [2.05, 4.69) is 49.0 Å². The summed E-state index contributed by atoms with van der Waals surface area (Å²) in [6, 6.07) is 14.1. The Morgan fingerprint density at radius 2 is 1.71 bits per heavy atom. The van der Waals surface area contributed by atoms with E-state index >= 15 is 0 Å². The van der Waals surface area contributed by atoms with E-state index in [1.54, 1.807) is 0 Å². The lowest BCUT2D eigenvalue weighted by molar-refractivity contribution is 1.15. The van der Waals surface area contributed by atoms with Crippen LogP contribution in [0.2, 0.25) is 0 Å². The third kappa shape index (κ3) is 1.91. The number of hydrogen-bond donors (Lipinski definition) is 0. The highest BCUT2D eigenvalue weighted by molar-refractivity contribution is 9.10. The molecule has 3 rings (SSSR count). The summed E-state index contributed by atoms with van der Waals surface area (Å²) in [5.41, 5.74) is 3.00. The maximum atomic E-state index is 4.61. The monoisotopic (exact) mass is 350 g/mol. The Bertz CT molecular complexity index is 671. The lowest BCUT2D eigenvalue weighted by atomic mass is 10.2.